The Labute approximate surface area is 350 Å². The van der Waals surface area contributed by atoms with Crippen LogP contribution < -0.4 is 9.44 Å². The monoisotopic (exact) mass is 902 g/mol. The molecule has 3 aromatic carbocycles. The highest BCUT2D eigenvalue weighted by molar-refractivity contribution is 7.92. The predicted octanol–water partition coefficient (Wildman–Crippen LogP) is 9.42. The number of ketones is 2. The molecule has 7 rings (SSSR count). The highest BCUT2D eigenvalue weighted by Gasteiger charge is 2.27. The molecule has 60 heavy (non-hydrogen) atoms. The molecule has 0 amide bonds. The minimum Gasteiger partial charge on any atom is -0.345 e. The van der Waals surface area contributed by atoms with Gasteiger partial charge in [0.25, 0.3) is 0 Å². The molecule has 0 atom stereocenters. The Kier molecular flexibility index (Phi) is 13.0. The summed E-state index contributed by atoms with van der Waals surface area (Å²) in [4.78, 5) is 39.8. The Morgan fingerprint density at radius 3 is 1.53 bits per heavy atom. The Morgan fingerprint density at radius 2 is 1.07 bits per heavy atom. The number of anilines is 2. The minimum absolute atomic E-state index is 0.000297. The lowest BCUT2D eigenvalue weighted by atomic mass is 10.00. The lowest BCUT2D eigenvalue weighted by Crippen LogP contribution is -2.18. The van der Waals surface area contributed by atoms with Gasteiger partial charge in [-0.25, -0.2) is 44.4 Å². The highest BCUT2D eigenvalue weighted by Crippen LogP contribution is 2.31. The van der Waals surface area contributed by atoms with Gasteiger partial charge in [-0.3, -0.25) is 19.0 Å². The summed E-state index contributed by atoms with van der Waals surface area (Å²) in [5.41, 5.74) is -0.603. The number of sulfonamides is 2. The second-order valence-electron chi connectivity index (χ2n) is 13.1. The van der Waals surface area contributed by atoms with Crippen molar-refractivity contribution in [1.29, 1.82) is 0 Å². The molecule has 0 fully saturated rings. The molecule has 0 aliphatic heterocycles. The van der Waals surface area contributed by atoms with Crippen LogP contribution in [0.15, 0.2) is 85.5 Å². The molecule has 0 aliphatic carbocycles. The second kappa shape index (κ2) is 17.8. The Bertz CT molecular complexity index is 3020. The zero-order valence-corrected chi connectivity index (χ0v) is 34.5. The quantitative estimate of drug-likeness (QED) is 0.0652. The number of pyridine rings is 2. The van der Waals surface area contributed by atoms with E-state index in [4.69, 9.17) is 23.2 Å². The average molecular weight is 904 g/mol. The standard InChI is InChI=1S/C23H18ClF2N3O3S.C17H14ClF2N3O3S/c1-2-9-33(31,32)29-19-8-7-18(25)20(21(19)26)22(30)17-12-28-23-16(17)10-14(11-27-23)13-3-5-15(24)6-4-13;1-2-5-27(25,26)23-13-4-3-12(19)14(15(13)20)16(24)11-8-22-17-10(11)6-9(18)7-21-17/h3-8,10-12,29H,2,9H2,1H3,(H,27,28);3-4,6-8,23H,2,5H2,1H3,(H,21,22). The van der Waals surface area contributed by atoms with Crippen molar-refractivity contribution >= 4 is 88.3 Å². The summed E-state index contributed by atoms with van der Waals surface area (Å²) < 4.78 is 111. The number of H-pyrrole nitrogens is 2. The van der Waals surface area contributed by atoms with Crippen molar-refractivity contribution in [3.8, 4) is 11.1 Å². The number of hydrogen-bond acceptors (Lipinski definition) is 8. The number of carbonyl (C=O) groups is 2. The molecular formula is C40H32Cl2F4N6O6S2. The Morgan fingerprint density at radius 1 is 0.617 bits per heavy atom. The SMILES string of the molecule is CCCS(=O)(=O)Nc1ccc(F)c(C(=O)c2c[nH]c3ncc(-c4ccc(Cl)cc4)cc23)c1F.CCCS(=O)(=O)Nc1ccc(F)c(C(=O)c2c[nH]c3ncc(Cl)cc23)c1F. The van der Waals surface area contributed by atoms with Crippen LogP contribution in [0.1, 0.15) is 58.5 Å². The lowest BCUT2D eigenvalue weighted by Gasteiger charge is -2.11. The summed E-state index contributed by atoms with van der Waals surface area (Å²) in [7, 11) is -7.65. The molecule has 0 spiro atoms. The third-order valence-corrected chi connectivity index (χ3v) is 12.2. The number of nitrogens with one attached hydrogen (secondary N) is 4. The number of aromatic amines is 2. The van der Waals surface area contributed by atoms with E-state index in [1.807, 2.05) is 4.72 Å². The van der Waals surface area contributed by atoms with Crippen LogP contribution in [0.5, 0.6) is 0 Å². The van der Waals surface area contributed by atoms with Crippen LogP contribution in [-0.2, 0) is 20.0 Å². The first-order valence-corrected chi connectivity index (χ1v) is 21.9. The third-order valence-electron chi connectivity index (χ3n) is 8.81. The maximum absolute atomic E-state index is 15.1. The van der Waals surface area contributed by atoms with Crippen LogP contribution in [0.4, 0.5) is 28.9 Å². The van der Waals surface area contributed by atoms with Gasteiger partial charge in [0.2, 0.25) is 31.6 Å². The van der Waals surface area contributed by atoms with Crippen molar-refractivity contribution in [3.63, 3.8) is 0 Å². The number of fused-ring (bicyclic) bond motifs is 2. The number of benzene rings is 3. The molecule has 20 heteroatoms. The summed E-state index contributed by atoms with van der Waals surface area (Å²) in [6, 6.07) is 13.7. The average Bonchev–Trinajstić information content (AvgIpc) is 3.81. The molecule has 0 unspecified atom stereocenters. The van der Waals surface area contributed by atoms with Crippen molar-refractivity contribution in [3.05, 3.63) is 141 Å². The molecule has 0 saturated carbocycles. The van der Waals surface area contributed by atoms with Gasteiger partial charge >= 0.3 is 0 Å². The largest absolute Gasteiger partial charge is 0.345 e. The van der Waals surface area contributed by atoms with Crippen LogP contribution in [0, 0.1) is 23.3 Å². The van der Waals surface area contributed by atoms with Crippen LogP contribution >= 0.6 is 23.2 Å². The van der Waals surface area contributed by atoms with Gasteiger partial charge in [0.1, 0.15) is 22.9 Å². The predicted molar refractivity (Wildman–Crippen MR) is 223 cm³/mol. The first kappa shape index (κ1) is 43.8. The maximum Gasteiger partial charge on any atom is 0.232 e. The van der Waals surface area contributed by atoms with Gasteiger partial charge in [-0.2, -0.15) is 0 Å². The fraction of sp³-hybridized carbons (Fsp3) is 0.150. The summed E-state index contributed by atoms with van der Waals surface area (Å²) in [6.07, 6.45) is 6.16. The van der Waals surface area contributed by atoms with E-state index in [0.717, 1.165) is 29.8 Å². The molecule has 4 aromatic heterocycles. The summed E-state index contributed by atoms with van der Waals surface area (Å²) in [6.45, 7) is 3.30. The van der Waals surface area contributed by atoms with Gasteiger partial charge in [0.15, 0.2) is 11.6 Å². The smallest absolute Gasteiger partial charge is 0.232 e. The highest BCUT2D eigenvalue weighted by atomic mass is 35.5. The molecule has 7 aromatic rings. The number of carbonyl (C=O) groups excluding carboxylic acids is 2. The Hall–Kier alpha value is -5.82. The summed E-state index contributed by atoms with van der Waals surface area (Å²) in [5.74, 6) is -7.17. The van der Waals surface area contributed by atoms with E-state index in [0.29, 0.717) is 45.5 Å². The van der Waals surface area contributed by atoms with Crippen molar-refractivity contribution in [1.82, 2.24) is 19.9 Å². The number of nitrogens with zero attached hydrogens (tertiary/aromatic N) is 2. The molecule has 0 aliphatic rings. The normalized spacial score (nSPS) is 11.7. The minimum atomic E-state index is -3.84. The fourth-order valence-corrected chi connectivity index (χ4v) is 8.63. The van der Waals surface area contributed by atoms with Crippen LogP contribution in [0.2, 0.25) is 10.0 Å². The molecule has 0 saturated heterocycles. The van der Waals surface area contributed by atoms with Gasteiger partial charge in [-0.1, -0.05) is 49.2 Å². The Balaban J connectivity index is 0.000000205. The maximum atomic E-state index is 15.1. The number of aromatic nitrogens is 4. The topological polar surface area (TPSA) is 184 Å². The van der Waals surface area contributed by atoms with Crippen LogP contribution in [0.25, 0.3) is 33.2 Å². The van der Waals surface area contributed by atoms with Crippen LogP contribution in [0.3, 0.4) is 0 Å². The van der Waals surface area contributed by atoms with Gasteiger partial charge in [-0.15, -0.1) is 0 Å². The van der Waals surface area contributed by atoms with E-state index in [1.54, 1.807) is 50.4 Å². The van der Waals surface area contributed by atoms with Gasteiger partial charge in [0.05, 0.1) is 39.0 Å². The lowest BCUT2D eigenvalue weighted by molar-refractivity contribution is 0.102. The zero-order valence-electron chi connectivity index (χ0n) is 31.3. The van der Waals surface area contributed by atoms with E-state index >= 15 is 4.39 Å². The molecule has 4 heterocycles. The van der Waals surface area contributed by atoms with E-state index < -0.39 is 77.4 Å². The molecule has 0 bridgehead atoms. The fourth-order valence-electron chi connectivity index (χ4n) is 6.08. The van der Waals surface area contributed by atoms with Crippen molar-refractivity contribution in [2.45, 2.75) is 26.7 Å². The molecule has 12 nitrogen and oxygen atoms in total. The molecule has 4 N–H and O–H groups in total. The third kappa shape index (κ3) is 9.46. The van der Waals surface area contributed by atoms with E-state index in [1.165, 1.54) is 24.7 Å². The van der Waals surface area contributed by atoms with E-state index in [-0.39, 0.29) is 27.7 Å². The number of halogens is 6. The molecule has 0 radical (unpaired) electrons. The second-order valence-corrected chi connectivity index (χ2v) is 17.7. The first-order chi connectivity index (χ1) is 28.4. The van der Waals surface area contributed by atoms with E-state index in [9.17, 15) is 39.6 Å². The van der Waals surface area contributed by atoms with E-state index in [2.05, 4.69) is 24.7 Å². The van der Waals surface area contributed by atoms with Crippen molar-refractivity contribution in [2.75, 3.05) is 20.9 Å². The summed E-state index contributed by atoms with van der Waals surface area (Å²) in [5, 5.41) is 1.47. The summed E-state index contributed by atoms with van der Waals surface area (Å²) >= 11 is 11.8. The van der Waals surface area contributed by atoms with Gasteiger partial charge < -0.3 is 9.97 Å². The van der Waals surface area contributed by atoms with Crippen LogP contribution in [-0.4, -0.2) is 59.8 Å². The zero-order chi connectivity index (χ0) is 43.5. The number of rotatable bonds is 13. The van der Waals surface area contributed by atoms with Gasteiger partial charge in [-0.05, 0) is 66.9 Å². The van der Waals surface area contributed by atoms with Crippen molar-refractivity contribution < 1.29 is 44.0 Å². The molecule has 312 valence electrons. The molecular weight excluding hydrogens is 872 g/mol. The van der Waals surface area contributed by atoms with Gasteiger partial charge in [0, 0.05) is 57.3 Å². The number of hydrogen-bond donors (Lipinski definition) is 4. The first-order valence-electron chi connectivity index (χ1n) is 17.9. The van der Waals surface area contributed by atoms with Crippen molar-refractivity contribution in [2.24, 2.45) is 0 Å².